The van der Waals surface area contributed by atoms with Crippen LogP contribution in [0.4, 0.5) is 0 Å². The van der Waals surface area contributed by atoms with E-state index in [0.717, 1.165) is 5.56 Å². The van der Waals surface area contributed by atoms with Gasteiger partial charge in [0.1, 0.15) is 4.33 Å². The van der Waals surface area contributed by atoms with E-state index in [2.05, 4.69) is 0 Å². The number of ether oxygens (including phenoxy) is 2. The molecule has 1 aromatic carbocycles. The van der Waals surface area contributed by atoms with E-state index in [4.69, 9.17) is 32.7 Å². The molecule has 0 aromatic heterocycles. The minimum Gasteiger partial charge on any atom is -0.493 e. The van der Waals surface area contributed by atoms with Gasteiger partial charge < -0.3 is 9.47 Å². The summed E-state index contributed by atoms with van der Waals surface area (Å²) in [6.07, 6.45) is 0.434. The van der Waals surface area contributed by atoms with E-state index >= 15 is 0 Å². The Kier molecular flexibility index (Phi) is 3.23. The second kappa shape index (κ2) is 4.39. The number of halogens is 2. The minimum atomic E-state index is -0.963. The van der Waals surface area contributed by atoms with E-state index in [0.29, 0.717) is 17.9 Å². The third-order valence-corrected chi connectivity index (χ3v) is 3.48. The van der Waals surface area contributed by atoms with Gasteiger partial charge in [-0.25, -0.2) is 0 Å². The van der Waals surface area contributed by atoms with Gasteiger partial charge in [0.25, 0.3) is 0 Å². The van der Waals surface area contributed by atoms with E-state index < -0.39 is 16.2 Å². The second-order valence-corrected chi connectivity index (χ2v) is 5.64. The fourth-order valence-electron chi connectivity index (χ4n) is 1.51. The summed E-state index contributed by atoms with van der Waals surface area (Å²) in [4.78, 5) is 11.7. The summed E-state index contributed by atoms with van der Waals surface area (Å²) in [5, 5.41) is 0. The van der Waals surface area contributed by atoms with Crippen molar-refractivity contribution < 1.29 is 14.3 Å². The van der Waals surface area contributed by atoms with Crippen LogP contribution in [0.3, 0.4) is 0 Å². The third kappa shape index (κ3) is 2.67. The van der Waals surface area contributed by atoms with E-state index in [1.165, 1.54) is 7.11 Å². The quantitative estimate of drug-likeness (QED) is 0.483. The number of methoxy groups -OCH3 is 1. The lowest BCUT2D eigenvalue weighted by Gasteiger charge is -2.09. The van der Waals surface area contributed by atoms with Crippen LogP contribution in [0.2, 0.25) is 0 Å². The highest BCUT2D eigenvalue weighted by atomic mass is 35.5. The van der Waals surface area contributed by atoms with Crippen molar-refractivity contribution in [2.24, 2.45) is 5.92 Å². The molecule has 2 rings (SSSR count). The molecule has 1 saturated carbocycles. The molecule has 1 aliphatic carbocycles. The molecule has 0 amide bonds. The van der Waals surface area contributed by atoms with Crippen molar-refractivity contribution in [1.82, 2.24) is 0 Å². The standard InChI is InChI=1S/C12H12Cl2O3/c1-7-3-4-9(10(5-7)16-2)17-11(15)8-6-12(8,13)14/h3-5,8H,6H2,1-2H3. The van der Waals surface area contributed by atoms with Crippen molar-refractivity contribution in [3.8, 4) is 11.5 Å². The first kappa shape index (κ1) is 12.5. The number of alkyl halides is 2. The summed E-state index contributed by atoms with van der Waals surface area (Å²) in [7, 11) is 1.52. The van der Waals surface area contributed by atoms with Crippen LogP contribution in [0, 0.1) is 12.8 Å². The van der Waals surface area contributed by atoms with Crippen LogP contribution in [0.25, 0.3) is 0 Å². The molecule has 0 spiro atoms. The summed E-state index contributed by atoms with van der Waals surface area (Å²) in [5.41, 5.74) is 1.03. The number of benzene rings is 1. The van der Waals surface area contributed by atoms with Gasteiger partial charge in [0.2, 0.25) is 0 Å². The predicted octanol–water partition coefficient (Wildman–Crippen LogP) is 3.10. The molecule has 1 unspecified atom stereocenters. The maximum atomic E-state index is 11.7. The fraction of sp³-hybridized carbons (Fsp3) is 0.417. The Hall–Kier alpha value is -0.930. The highest BCUT2D eigenvalue weighted by Gasteiger charge is 2.57. The van der Waals surface area contributed by atoms with Gasteiger partial charge in [-0.2, -0.15) is 0 Å². The number of esters is 1. The average Bonchev–Trinajstić information content (AvgIpc) is 2.90. The number of aryl methyl sites for hydroxylation is 1. The Bertz CT molecular complexity index is 457. The summed E-state index contributed by atoms with van der Waals surface area (Å²) in [6.45, 7) is 1.93. The third-order valence-electron chi connectivity index (χ3n) is 2.64. The topological polar surface area (TPSA) is 35.5 Å². The molecule has 0 saturated heterocycles. The fourth-order valence-corrected chi connectivity index (χ4v) is 1.99. The summed E-state index contributed by atoms with van der Waals surface area (Å²) < 4.78 is 9.39. The summed E-state index contributed by atoms with van der Waals surface area (Å²) in [6, 6.07) is 5.33. The summed E-state index contributed by atoms with van der Waals surface area (Å²) >= 11 is 11.6. The first-order chi connectivity index (χ1) is 7.94. The van der Waals surface area contributed by atoms with Gasteiger partial charge in [-0.05, 0) is 31.0 Å². The van der Waals surface area contributed by atoms with Crippen molar-refractivity contribution in [3.63, 3.8) is 0 Å². The van der Waals surface area contributed by atoms with E-state index in [1.54, 1.807) is 12.1 Å². The zero-order valence-corrected chi connectivity index (χ0v) is 11.0. The Balaban J connectivity index is 2.11. The predicted molar refractivity (Wildman–Crippen MR) is 65.9 cm³/mol. The molecule has 0 aliphatic heterocycles. The smallest absolute Gasteiger partial charge is 0.317 e. The zero-order chi connectivity index (χ0) is 12.6. The molecule has 17 heavy (non-hydrogen) atoms. The van der Waals surface area contributed by atoms with Crippen molar-refractivity contribution in [3.05, 3.63) is 23.8 Å². The van der Waals surface area contributed by atoms with Crippen LogP contribution < -0.4 is 9.47 Å². The van der Waals surface area contributed by atoms with Crippen molar-refractivity contribution in [2.45, 2.75) is 17.7 Å². The van der Waals surface area contributed by atoms with Gasteiger partial charge in [0, 0.05) is 0 Å². The number of carbonyl (C=O) groups is 1. The van der Waals surface area contributed by atoms with Gasteiger partial charge in [-0.1, -0.05) is 6.07 Å². The highest BCUT2D eigenvalue weighted by Crippen LogP contribution is 2.53. The van der Waals surface area contributed by atoms with Gasteiger partial charge in [-0.3, -0.25) is 4.79 Å². The molecule has 3 nitrogen and oxygen atoms in total. The lowest BCUT2D eigenvalue weighted by atomic mass is 10.2. The van der Waals surface area contributed by atoms with Gasteiger partial charge in [-0.15, -0.1) is 23.2 Å². The molecule has 0 radical (unpaired) electrons. The maximum absolute atomic E-state index is 11.7. The number of carbonyl (C=O) groups excluding carboxylic acids is 1. The molecule has 0 N–H and O–H groups in total. The van der Waals surface area contributed by atoms with Crippen molar-refractivity contribution in [2.75, 3.05) is 7.11 Å². The number of rotatable bonds is 3. The van der Waals surface area contributed by atoms with Crippen LogP contribution in [0.1, 0.15) is 12.0 Å². The molecule has 1 fully saturated rings. The molecular weight excluding hydrogens is 263 g/mol. The Morgan fingerprint density at radius 2 is 2.06 bits per heavy atom. The number of hydrogen-bond acceptors (Lipinski definition) is 3. The molecule has 0 bridgehead atoms. The SMILES string of the molecule is COc1cc(C)ccc1OC(=O)C1CC1(Cl)Cl. The van der Waals surface area contributed by atoms with Crippen LogP contribution in [-0.4, -0.2) is 17.4 Å². The summed E-state index contributed by atoms with van der Waals surface area (Å²) in [5.74, 6) is 0.0434. The molecule has 1 atom stereocenters. The van der Waals surface area contributed by atoms with Gasteiger partial charge in [0.15, 0.2) is 11.5 Å². The van der Waals surface area contributed by atoms with Crippen LogP contribution >= 0.6 is 23.2 Å². The van der Waals surface area contributed by atoms with E-state index in [1.807, 2.05) is 13.0 Å². The maximum Gasteiger partial charge on any atom is 0.317 e. The lowest BCUT2D eigenvalue weighted by Crippen LogP contribution is -2.14. The second-order valence-electron chi connectivity index (χ2n) is 4.09. The van der Waals surface area contributed by atoms with Crippen LogP contribution in [-0.2, 0) is 4.79 Å². The monoisotopic (exact) mass is 274 g/mol. The first-order valence-electron chi connectivity index (χ1n) is 5.18. The Labute approximate surface area is 110 Å². The largest absolute Gasteiger partial charge is 0.493 e. The molecule has 5 heteroatoms. The van der Waals surface area contributed by atoms with E-state index in [9.17, 15) is 4.79 Å². The first-order valence-corrected chi connectivity index (χ1v) is 5.94. The van der Waals surface area contributed by atoms with Gasteiger partial charge in [0.05, 0.1) is 13.0 Å². The average molecular weight is 275 g/mol. The molecule has 0 heterocycles. The molecule has 1 aromatic rings. The normalized spacial score (nSPS) is 20.8. The Morgan fingerprint density at radius 1 is 1.41 bits per heavy atom. The van der Waals surface area contributed by atoms with Crippen molar-refractivity contribution in [1.29, 1.82) is 0 Å². The molecule has 1 aliphatic rings. The molecular formula is C12H12Cl2O3. The highest BCUT2D eigenvalue weighted by molar-refractivity contribution is 6.52. The number of hydrogen-bond donors (Lipinski definition) is 0. The van der Waals surface area contributed by atoms with Crippen molar-refractivity contribution >= 4 is 29.2 Å². The van der Waals surface area contributed by atoms with Crippen LogP contribution in [0.15, 0.2) is 18.2 Å². The minimum absolute atomic E-state index is 0.388. The zero-order valence-electron chi connectivity index (χ0n) is 9.50. The Morgan fingerprint density at radius 3 is 2.59 bits per heavy atom. The molecule has 92 valence electrons. The van der Waals surface area contributed by atoms with Gasteiger partial charge >= 0.3 is 5.97 Å². The van der Waals surface area contributed by atoms with E-state index in [-0.39, 0.29) is 0 Å². The lowest BCUT2D eigenvalue weighted by molar-refractivity contribution is -0.135. The van der Waals surface area contributed by atoms with Crippen LogP contribution in [0.5, 0.6) is 11.5 Å².